The van der Waals surface area contributed by atoms with Crippen LogP contribution >= 0.6 is 0 Å². The van der Waals surface area contributed by atoms with Crippen LogP contribution in [0.2, 0.25) is 0 Å². The van der Waals surface area contributed by atoms with E-state index in [9.17, 15) is 14.7 Å². The topological polar surface area (TPSA) is 75.4 Å². The normalized spacial score (nSPS) is 16.7. The maximum absolute atomic E-state index is 12.9. The molecule has 0 saturated carbocycles. The molecule has 1 atom stereocenters. The van der Waals surface area contributed by atoms with Crippen LogP contribution in [0.25, 0.3) is 0 Å². The van der Waals surface area contributed by atoms with Crippen molar-refractivity contribution in [3.63, 3.8) is 0 Å². The fourth-order valence-corrected chi connectivity index (χ4v) is 3.03. The highest BCUT2D eigenvalue weighted by molar-refractivity contribution is 6.10. The van der Waals surface area contributed by atoms with Gasteiger partial charge in [-0.05, 0) is 25.5 Å². The van der Waals surface area contributed by atoms with E-state index in [1.807, 2.05) is 13.0 Å². The molecule has 3 rings (SSSR count). The van der Waals surface area contributed by atoms with Gasteiger partial charge in [0.15, 0.2) is 0 Å². The number of nitrogens with zero attached hydrogens (tertiary/aromatic N) is 3. The highest BCUT2D eigenvalue weighted by Crippen LogP contribution is 2.37. The molecule has 0 aliphatic carbocycles. The summed E-state index contributed by atoms with van der Waals surface area (Å²) in [5.41, 5.74) is 3.33. The number of carboxylic acids is 1. The molecule has 1 aromatic heterocycles. The Kier molecular flexibility index (Phi) is 3.24. The van der Waals surface area contributed by atoms with Gasteiger partial charge >= 0.3 is 5.97 Å². The number of anilines is 1. The number of rotatable bonds is 2. The van der Waals surface area contributed by atoms with Crippen LogP contribution in [0.1, 0.15) is 33.2 Å². The molecule has 0 bridgehead atoms. The van der Waals surface area contributed by atoms with E-state index in [-0.39, 0.29) is 12.5 Å². The van der Waals surface area contributed by atoms with E-state index in [2.05, 4.69) is 5.10 Å². The van der Waals surface area contributed by atoms with Crippen molar-refractivity contribution in [2.24, 2.45) is 7.05 Å². The second kappa shape index (κ2) is 4.98. The lowest BCUT2D eigenvalue weighted by molar-refractivity contribution is -0.138. The molecule has 6 heteroatoms. The smallest absolute Gasteiger partial charge is 0.312 e. The van der Waals surface area contributed by atoms with Crippen LogP contribution in [-0.4, -0.2) is 33.3 Å². The summed E-state index contributed by atoms with van der Waals surface area (Å²) in [5, 5.41) is 13.7. The fourth-order valence-electron chi connectivity index (χ4n) is 3.03. The zero-order valence-electron chi connectivity index (χ0n) is 12.7. The van der Waals surface area contributed by atoms with Crippen molar-refractivity contribution in [1.29, 1.82) is 0 Å². The van der Waals surface area contributed by atoms with E-state index >= 15 is 0 Å². The van der Waals surface area contributed by atoms with Gasteiger partial charge in [-0.2, -0.15) is 5.10 Å². The van der Waals surface area contributed by atoms with Crippen molar-refractivity contribution in [2.75, 3.05) is 11.4 Å². The molecule has 0 saturated heterocycles. The summed E-state index contributed by atoms with van der Waals surface area (Å²) in [6.45, 7) is 3.78. The SMILES string of the molecule is Cc1nn(C)c(C)c1C(=O)N1C[C@H](C(=O)O)c2ccccc21. The molecular weight excluding hydrogens is 282 g/mol. The summed E-state index contributed by atoms with van der Waals surface area (Å²) in [6, 6.07) is 7.16. The molecule has 1 N–H and O–H groups in total. The third-order valence-electron chi connectivity index (χ3n) is 4.23. The minimum absolute atomic E-state index is 0.154. The molecule has 0 spiro atoms. The molecule has 0 fully saturated rings. The summed E-state index contributed by atoms with van der Waals surface area (Å²) >= 11 is 0. The van der Waals surface area contributed by atoms with Crippen molar-refractivity contribution in [2.45, 2.75) is 19.8 Å². The van der Waals surface area contributed by atoms with Crippen molar-refractivity contribution in [3.05, 3.63) is 46.8 Å². The van der Waals surface area contributed by atoms with Crippen molar-refractivity contribution in [3.8, 4) is 0 Å². The maximum atomic E-state index is 12.9. The lowest BCUT2D eigenvalue weighted by atomic mass is 10.0. The van der Waals surface area contributed by atoms with Crippen molar-refractivity contribution < 1.29 is 14.7 Å². The molecule has 6 nitrogen and oxygen atoms in total. The number of hydrogen-bond acceptors (Lipinski definition) is 3. The number of aryl methyl sites for hydroxylation is 2. The number of fused-ring (bicyclic) bond motifs is 1. The Hall–Kier alpha value is -2.63. The number of aromatic nitrogens is 2. The number of benzene rings is 1. The van der Waals surface area contributed by atoms with E-state index in [1.54, 1.807) is 41.8 Å². The Morgan fingerprint density at radius 2 is 1.95 bits per heavy atom. The summed E-state index contributed by atoms with van der Waals surface area (Å²) in [6.07, 6.45) is 0. The van der Waals surface area contributed by atoms with Gasteiger partial charge in [-0.15, -0.1) is 0 Å². The predicted molar refractivity (Wildman–Crippen MR) is 81.2 cm³/mol. The van der Waals surface area contributed by atoms with Gasteiger partial charge in [-0.25, -0.2) is 0 Å². The molecule has 1 aliphatic heterocycles. The molecule has 2 heterocycles. The second-order valence-electron chi connectivity index (χ2n) is 5.53. The second-order valence-corrected chi connectivity index (χ2v) is 5.53. The van der Waals surface area contributed by atoms with Gasteiger partial charge in [0, 0.05) is 25.0 Å². The number of para-hydroxylation sites is 1. The zero-order valence-corrected chi connectivity index (χ0v) is 12.7. The molecule has 114 valence electrons. The lowest BCUT2D eigenvalue weighted by Crippen LogP contribution is -2.32. The predicted octanol–water partition coefficient (Wildman–Crippen LogP) is 1.87. The molecule has 2 aromatic rings. The minimum atomic E-state index is -0.914. The Morgan fingerprint density at radius 3 is 2.55 bits per heavy atom. The van der Waals surface area contributed by atoms with Crippen LogP contribution in [0, 0.1) is 13.8 Å². The third-order valence-corrected chi connectivity index (χ3v) is 4.23. The molecule has 1 aromatic carbocycles. The van der Waals surface area contributed by atoms with Crippen LogP contribution in [0.3, 0.4) is 0 Å². The van der Waals surface area contributed by atoms with E-state index in [4.69, 9.17) is 0 Å². The van der Waals surface area contributed by atoms with Gasteiger partial charge in [-0.1, -0.05) is 18.2 Å². The van der Waals surface area contributed by atoms with Crippen molar-refractivity contribution >= 4 is 17.6 Å². The van der Waals surface area contributed by atoms with Gasteiger partial charge in [0.2, 0.25) is 0 Å². The number of carbonyl (C=O) groups excluding carboxylic acids is 1. The van der Waals surface area contributed by atoms with Crippen LogP contribution in [0.15, 0.2) is 24.3 Å². The number of aliphatic carboxylic acids is 1. The monoisotopic (exact) mass is 299 g/mol. The average Bonchev–Trinajstić information content (AvgIpc) is 2.97. The molecule has 1 aliphatic rings. The maximum Gasteiger partial charge on any atom is 0.312 e. The molecular formula is C16H17N3O3. The fraction of sp³-hybridized carbons (Fsp3) is 0.312. The highest BCUT2D eigenvalue weighted by atomic mass is 16.4. The summed E-state index contributed by atoms with van der Waals surface area (Å²) in [5.74, 6) is -1.79. The van der Waals surface area contributed by atoms with E-state index in [0.717, 1.165) is 5.69 Å². The minimum Gasteiger partial charge on any atom is -0.481 e. The first kappa shape index (κ1) is 14.3. The number of hydrogen-bond donors (Lipinski definition) is 1. The summed E-state index contributed by atoms with van der Waals surface area (Å²) in [7, 11) is 1.79. The molecule has 0 unspecified atom stereocenters. The number of amides is 1. The van der Waals surface area contributed by atoms with Crippen LogP contribution in [0.5, 0.6) is 0 Å². The Balaban J connectivity index is 2.06. The Morgan fingerprint density at radius 1 is 1.27 bits per heavy atom. The average molecular weight is 299 g/mol. The van der Waals surface area contributed by atoms with E-state index in [1.165, 1.54) is 0 Å². The first-order valence-electron chi connectivity index (χ1n) is 7.05. The standard InChI is InChI=1S/C16H17N3O3/c1-9-14(10(2)18(3)17-9)15(20)19-8-12(16(21)22)11-6-4-5-7-13(11)19/h4-7,12H,8H2,1-3H3,(H,21,22)/t12-/m0/s1. The van der Waals surface area contributed by atoms with Gasteiger partial charge in [0.1, 0.15) is 5.92 Å². The zero-order chi connectivity index (χ0) is 16.0. The van der Waals surface area contributed by atoms with E-state index < -0.39 is 11.9 Å². The van der Waals surface area contributed by atoms with Gasteiger partial charge < -0.3 is 10.0 Å². The summed E-state index contributed by atoms with van der Waals surface area (Å²) < 4.78 is 1.67. The third kappa shape index (κ3) is 1.99. The molecule has 1 amide bonds. The van der Waals surface area contributed by atoms with Gasteiger partial charge in [0.25, 0.3) is 5.91 Å². The molecule has 22 heavy (non-hydrogen) atoms. The largest absolute Gasteiger partial charge is 0.481 e. The lowest BCUT2D eigenvalue weighted by Gasteiger charge is -2.17. The van der Waals surface area contributed by atoms with Crippen LogP contribution in [0.4, 0.5) is 5.69 Å². The van der Waals surface area contributed by atoms with Gasteiger partial charge in [0.05, 0.1) is 11.3 Å². The number of carbonyl (C=O) groups is 2. The highest BCUT2D eigenvalue weighted by Gasteiger charge is 2.37. The van der Waals surface area contributed by atoms with Crippen LogP contribution < -0.4 is 4.90 Å². The molecule has 0 radical (unpaired) electrons. The van der Waals surface area contributed by atoms with E-state index in [0.29, 0.717) is 22.5 Å². The Labute approximate surface area is 128 Å². The quantitative estimate of drug-likeness (QED) is 0.918. The summed E-state index contributed by atoms with van der Waals surface area (Å²) in [4.78, 5) is 25.9. The first-order chi connectivity index (χ1) is 10.4. The van der Waals surface area contributed by atoms with Crippen LogP contribution in [-0.2, 0) is 11.8 Å². The first-order valence-corrected chi connectivity index (χ1v) is 7.05. The Bertz CT molecular complexity index is 779. The van der Waals surface area contributed by atoms with Crippen molar-refractivity contribution in [1.82, 2.24) is 9.78 Å². The number of carboxylic acid groups (broad SMARTS) is 1. The van der Waals surface area contributed by atoms with Gasteiger partial charge in [-0.3, -0.25) is 14.3 Å².